The summed E-state index contributed by atoms with van der Waals surface area (Å²) >= 11 is 13.9. The molecule has 0 saturated carbocycles. The molecule has 100 valence electrons. The van der Waals surface area contributed by atoms with E-state index in [4.69, 9.17) is 28.3 Å². The van der Waals surface area contributed by atoms with E-state index in [2.05, 4.69) is 5.32 Å². The van der Waals surface area contributed by atoms with E-state index in [0.29, 0.717) is 25.6 Å². The molecule has 18 heavy (non-hydrogen) atoms. The van der Waals surface area contributed by atoms with E-state index >= 15 is 0 Å². The number of benzene rings is 1. The molecule has 0 heterocycles. The number of rotatable bonds is 5. The average Bonchev–Trinajstić information content (AvgIpc) is 2.32. The molecular weight excluding hydrogens is 388 g/mol. The molecule has 0 aliphatic heterocycles. The maximum atomic E-state index is 12.1. The van der Waals surface area contributed by atoms with Gasteiger partial charge in [0.25, 0.3) is 5.91 Å². The lowest BCUT2D eigenvalue weighted by Crippen LogP contribution is -2.35. The van der Waals surface area contributed by atoms with Crippen molar-refractivity contribution in [2.45, 2.75) is 25.8 Å². The maximum Gasteiger partial charge on any atom is 0.252 e. The summed E-state index contributed by atoms with van der Waals surface area (Å²) in [5, 5.41) is 12.7. The van der Waals surface area contributed by atoms with Crippen LogP contribution in [0.15, 0.2) is 12.1 Å². The molecule has 0 radical (unpaired) electrons. The topological polar surface area (TPSA) is 49.3 Å². The van der Waals surface area contributed by atoms with Gasteiger partial charge in [0.05, 0.1) is 10.6 Å². The Morgan fingerprint density at radius 2 is 2.17 bits per heavy atom. The predicted octanol–water partition coefficient (Wildman–Crippen LogP) is 3.49. The number of aliphatic hydroxyl groups is 1. The van der Waals surface area contributed by atoms with Crippen molar-refractivity contribution in [2.75, 3.05) is 6.61 Å². The predicted molar refractivity (Wildman–Crippen MR) is 82.4 cm³/mol. The molecule has 0 fully saturated rings. The molecule has 0 bridgehead atoms. The van der Waals surface area contributed by atoms with Gasteiger partial charge >= 0.3 is 0 Å². The zero-order valence-electron chi connectivity index (χ0n) is 9.84. The van der Waals surface area contributed by atoms with Gasteiger partial charge in [0.15, 0.2) is 0 Å². The third-order valence-electron chi connectivity index (χ3n) is 2.54. The summed E-state index contributed by atoms with van der Waals surface area (Å²) in [7, 11) is 0. The summed E-state index contributed by atoms with van der Waals surface area (Å²) in [4.78, 5) is 12.1. The Bertz CT molecular complexity index is 440. The Hall–Kier alpha value is -0.0400. The highest BCUT2D eigenvalue weighted by Gasteiger charge is 2.16. The first-order valence-corrected chi connectivity index (χ1v) is 7.39. The summed E-state index contributed by atoms with van der Waals surface area (Å²) in [6.45, 7) is 2.00. The van der Waals surface area contributed by atoms with E-state index in [0.717, 1.165) is 6.42 Å². The average molecular weight is 402 g/mol. The largest absolute Gasteiger partial charge is 0.396 e. The fraction of sp³-hybridized carbons (Fsp3) is 0.417. The van der Waals surface area contributed by atoms with Crippen LogP contribution >= 0.6 is 45.8 Å². The molecule has 0 spiro atoms. The number of halogens is 3. The number of carbonyl (C=O) groups excluding carboxylic acids is 1. The minimum atomic E-state index is -0.218. The van der Waals surface area contributed by atoms with E-state index in [1.165, 1.54) is 0 Å². The highest BCUT2D eigenvalue weighted by Crippen LogP contribution is 2.26. The van der Waals surface area contributed by atoms with Crippen molar-refractivity contribution in [3.63, 3.8) is 0 Å². The van der Waals surface area contributed by atoms with E-state index in [-0.39, 0.29) is 18.6 Å². The first-order chi connectivity index (χ1) is 8.49. The molecular formula is C12H14Cl2INO2. The molecule has 0 aliphatic rings. The van der Waals surface area contributed by atoms with Gasteiger partial charge in [-0.1, -0.05) is 30.1 Å². The fourth-order valence-electron chi connectivity index (χ4n) is 1.52. The second-order valence-corrected chi connectivity index (χ2v) is 5.76. The molecule has 1 unspecified atom stereocenters. The third kappa shape index (κ3) is 4.26. The first-order valence-electron chi connectivity index (χ1n) is 5.55. The van der Waals surface area contributed by atoms with Crippen LogP contribution in [0.4, 0.5) is 0 Å². The van der Waals surface area contributed by atoms with Gasteiger partial charge in [-0.2, -0.15) is 0 Å². The third-order valence-corrected chi connectivity index (χ3v) is 4.54. The van der Waals surface area contributed by atoms with Crippen molar-refractivity contribution in [2.24, 2.45) is 0 Å². The van der Waals surface area contributed by atoms with Crippen LogP contribution in [0.25, 0.3) is 0 Å². The van der Waals surface area contributed by atoms with Crippen LogP contribution in [-0.2, 0) is 0 Å². The van der Waals surface area contributed by atoms with E-state index in [1.807, 2.05) is 29.5 Å². The molecule has 1 amide bonds. The Morgan fingerprint density at radius 3 is 2.72 bits per heavy atom. The standard InChI is InChI=1S/C12H14Cl2INO2/c1-2-8(3-4-17)16-12(18)9-5-7(13)6-10(14)11(9)15/h5-6,8,17H,2-4H2,1H3,(H,16,18). The Morgan fingerprint density at radius 1 is 1.50 bits per heavy atom. The minimum absolute atomic E-state index is 0.0453. The molecule has 0 aromatic heterocycles. The van der Waals surface area contributed by atoms with Gasteiger partial charge in [-0.25, -0.2) is 0 Å². The van der Waals surface area contributed by atoms with Crippen LogP contribution in [0.3, 0.4) is 0 Å². The van der Waals surface area contributed by atoms with Gasteiger partial charge in [0.1, 0.15) is 0 Å². The molecule has 0 saturated heterocycles. The smallest absolute Gasteiger partial charge is 0.252 e. The van der Waals surface area contributed by atoms with Gasteiger partial charge in [0, 0.05) is 21.2 Å². The SMILES string of the molecule is CCC(CCO)NC(=O)c1cc(Cl)cc(Cl)c1I. The quantitative estimate of drug-likeness (QED) is 0.586. The summed E-state index contributed by atoms with van der Waals surface area (Å²) in [6.07, 6.45) is 1.30. The van der Waals surface area contributed by atoms with Gasteiger partial charge in [0.2, 0.25) is 0 Å². The van der Waals surface area contributed by atoms with Crippen molar-refractivity contribution in [3.8, 4) is 0 Å². The summed E-state index contributed by atoms with van der Waals surface area (Å²) < 4.78 is 0.676. The zero-order valence-corrected chi connectivity index (χ0v) is 13.5. The Balaban J connectivity index is 2.90. The highest BCUT2D eigenvalue weighted by molar-refractivity contribution is 14.1. The summed E-state index contributed by atoms with van der Waals surface area (Å²) in [5.41, 5.74) is 0.462. The maximum absolute atomic E-state index is 12.1. The van der Waals surface area contributed by atoms with Crippen molar-refractivity contribution < 1.29 is 9.90 Å². The molecule has 3 nitrogen and oxygen atoms in total. The number of nitrogens with one attached hydrogen (secondary N) is 1. The lowest BCUT2D eigenvalue weighted by Gasteiger charge is -2.16. The van der Waals surface area contributed by atoms with Crippen molar-refractivity contribution in [1.82, 2.24) is 5.32 Å². The normalized spacial score (nSPS) is 12.3. The van der Waals surface area contributed by atoms with Crippen LogP contribution in [0.2, 0.25) is 10.0 Å². The summed E-state index contributed by atoms with van der Waals surface area (Å²) in [6, 6.07) is 3.15. The van der Waals surface area contributed by atoms with E-state index in [9.17, 15) is 4.79 Å². The van der Waals surface area contributed by atoms with Crippen LogP contribution in [0.1, 0.15) is 30.1 Å². The molecule has 6 heteroatoms. The van der Waals surface area contributed by atoms with Crippen LogP contribution < -0.4 is 5.32 Å². The Kier molecular flexibility index (Phi) is 6.70. The number of carbonyl (C=O) groups is 1. The zero-order chi connectivity index (χ0) is 13.7. The first kappa shape index (κ1) is 16.0. The van der Waals surface area contributed by atoms with Gasteiger partial charge in [-0.05, 0) is 47.6 Å². The number of hydrogen-bond donors (Lipinski definition) is 2. The molecule has 1 aromatic rings. The lowest BCUT2D eigenvalue weighted by molar-refractivity contribution is 0.0928. The summed E-state index contributed by atoms with van der Waals surface area (Å²) in [5.74, 6) is -0.218. The van der Waals surface area contributed by atoms with Crippen LogP contribution in [0, 0.1) is 3.57 Å². The monoisotopic (exact) mass is 401 g/mol. The number of hydrogen-bond acceptors (Lipinski definition) is 2. The van der Waals surface area contributed by atoms with E-state index in [1.54, 1.807) is 12.1 Å². The lowest BCUT2D eigenvalue weighted by atomic mass is 10.1. The second-order valence-electron chi connectivity index (χ2n) is 3.84. The van der Waals surface area contributed by atoms with Crippen molar-refractivity contribution >= 4 is 51.7 Å². The van der Waals surface area contributed by atoms with Gasteiger partial charge in [-0.3, -0.25) is 4.79 Å². The number of amides is 1. The molecule has 2 N–H and O–H groups in total. The van der Waals surface area contributed by atoms with Crippen LogP contribution in [0.5, 0.6) is 0 Å². The molecule has 1 aromatic carbocycles. The van der Waals surface area contributed by atoms with E-state index < -0.39 is 0 Å². The van der Waals surface area contributed by atoms with Crippen molar-refractivity contribution in [3.05, 3.63) is 31.3 Å². The number of aliphatic hydroxyl groups excluding tert-OH is 1. The van der Waals surface area contributed by atoms with Gasteiger partial charge in [-0.15, -0.1) is 0 Å². The van der Waals surface area contributed by atoms with Gasteiger partial charge < -0.3 is 10.4 Å². The highest BCUT2D eigenvalue weighted by atomic mass is 127. The second kappa shape index (κ2) is 7.53. The Labute approximate surface area is 130 Å². The molecule has 1 atom stereocenters. The van der Waals surface area contributed by atoms with Crippen molar-refractivity contribution in [1.29, 1.82) is 0 Å². The minimum Gasteiger partial charge on any atom is -0.396 e. The molecule has 0 aliphatic carbocycles. The fourth-order valence-corrected chi connectivity index (χ4v) is 2.57. The van der Waals surface area contributed by atoms with Crippen LogP contribution in [-0.4, -0.2) is 23.7 Å². The molecule has 1 rings (SSSR count).